The normalized spacial score (nSPS) is 25.2. The lowest BCUT2D eigenvalue weighted by Crippen LogP contribution is -2.49. The first-order valence-electron chi connectivity index (χ1n) is 7.63. The molecule has 3 rings (SSSR count). The number of aryl methyl sites for hydroxylation is 1. The first-order chi connectivity index (χ1) is 9.38. The van der Waals surface area contributed by atoms with Crippen molar-refractivity contribution in [3.8, 4) is 0 Å². The summed E-state index contributed by atoms with van der Waals surface area (Å²) >= 11 is 0. The first kappa shape index (κ1) is 13.1. The van der Waals surface area contributed by atoms with Crippen LogP contribution in [0, 0.1) is 0 Å². The molecule has 0 saturated carbocycles. The van der Waals surface area contributed by atoms with Gasteiger partial charge < -0.3 is 5.73 Å². The highest BCUT2D eigenvalue weighted by Crippen LogP contribution is 2.34. The van der Waals surface area contributed by atoms with Crippen LogP contribution in [0.15, 0.2) is 24.3 Å². The summed E-state index contributed by atoms with van der Waals surface area (Å²) in [4.78, 5) is 5.18. The van der Waals surface area contributed by atoms with Crippen LogP contribution in [0.4, 0.5) is 0 Å². The van der Waals surface area contributed by atoms with Crippen molar-refractivity contribution in [1.82, 2.24) is 9.80 Å². The number of hydrogen-bond acceptors (Lipinski definition) is 3. The molecule has 1 atom stereocenters. The summed E-state index contributed by atoms with van der Waals surface area (Å²) in [5.74, 6) is 0. The molecule has 1 fully saturated rings. The molecule has 0 bridgehead atoms. The van der Waals surface area contributed by atoms with Gasteiger partial charge in [-0.25, -0.2) is 0 Å². The summed E-state index contributed by atoms with van der Waals surface area (Å²) in [5.41, 5.74) is 8.80. The average molecular weight is 259 g/mol. The molecule has 1 aliphatic carbocycles. The van der Waals surface area contributed by atoms with E-state index < -0.39 is 0 Å². The van der Waals surface area contributed by atoms with Gasteiger partial charge in [-0.3, -0.25) is 9.80 Å². The van der Waals surface area contributed by atoms with Crippen molar-refractivity contribution in [2.45, 2.75) is 25.3 Å². The van der Waals surface area contributed by atoms with E-state index in [4.69, 9.17) is 5.73 Å². The summed E-state index contributed by atoms with van der Waals surface area (Å²) in [6, 6.07) is 9.68. The third-order valence-electron chi connectivity index (χ3n) is 4.63. The van der Waals surface area contributed by atoms with Crippen molar-refractivity contribution in [2.75, 3.05) is 39.3 Å². The molecule has 0 aromatic heterocycles. The van der Waals surface area contributed by atoms with Crippen molar-refractivity contribution in [3.63, 3.8) is 0 Å². The van der Waals surface area contributed by atoms with Crippen LogP contribution in [0.5, 0.6) is 0 Å². The molecule has 3 heteroatoms. The third-order valence-corrected chi connectivity index (χ3v) is 4.63. The number of nitrogens with two attached hydrogens (primary N) is 1. The van der Waals surface area contributed by atoms with Gasteiger partial charge in [0.2, 0.25) is 0 Å². The SMILES string of the molecule is NCCN1CCN([C@@H]2CCCc3ccccc32)CC1. The van der Waals surface area contributed by atoms with Gasteiger partial charge in [-0.05, 0) is 30.4 Å². The van der Waals surface area contributed by atoms with Gasteiger partial charge in [-0.15, -0.1) is 0 Å². The average Bonchev–Trinajstić information content (AvgIpc) is 2.48. The molecule has 1 saturated heterocycles. The van der Waals surface area contributed by atoms with Crippen LogP contribution in [-0.2, 0) is 6.42 Å². The smallest absolute Gasteiger partial charge is 0.0352 e. The van der Waals surface area contributed by atoms with E-state index in [1.165, 1.54) is 45.4 Å². The van der Waals surface area contributed by atoms with Crippen molar-refractivity contribution in [1.29, 1.82) is 0 Å². The number of piperazine rings is 1. The minimum atomic E-state index is 0.657. The predicted octanol–water partition coefficient (Wildman–Crippen LogP) is 1.64. The molecule has 1 aromatic carbocycles. The number of benzene rings is 1. The first-order valence-corrected chi connectivity index (χ1v) is 7.63. The summed E-state index contributed by atoms with van der Waals surface area (Å²) < 4.78 is 0. The molecule has 0 amide bonds. The fourth-order valence-corrected chi connectivity index (χ4v) is 3.59. The number of fused-ring (bicyclic) bond motifs is 1. The van der Waals surface area contributed by atoms with E-state index in [9.17, 15) is 0 Å². The molecule has 0 unspecified atom stereocenters. The molecule has 1 heterocycles. The molecule has 2 aliphatic rings. The topological polar surface area (TPSA) is 32.5 Å². The highest BCUT2D eigenvalue weighted by molar-refractivity contribution is 5.32. The van der Waals surface area contributed by atoms with Gasteiger partial charge in [0.05, 0.1) is 0 Å². The number of rotatable bonds is 3. The Morgan fingerprint density at radius 3 is 2.68 bits per heavy atom. The predicted molar refractivity (Wildman–Crippen MR) is 79.2 cm³/mol. The quantitative estimate of drug-likeness (QED) is 0.895. The Hall–Kier alpha value is -0.900. The van der Waals surface area contributed by atoms with Crippen molar-refractivity contribution in [2.24, 2.45) is 5.73 Å². The van der Waals surface area contributed by atoms with E-state index in [-0.39, 0.29) is 0 Å². The zero-order valence-corrected chi connectivity index (χ0v) is 11.7. The minimum absolute atomic E-state index is 0.657. The van der Waals surface area contributed by atoms with Crippen molar-refractivity contribution in [3.05, 3.63) is 35.4 Å². The lowest BCUT2D eigenvalue weighted by molar-refractivity contribution is 0.0898. The Morgan fingerprint density at radius 1 is 1.11 bits per heavy atom. The highest BCUT2D eigenvalue weighted by Gasteiger charge is 2.27. The third kappa shape index (κ3) is 2.83. The lowest BCUT2D eigenvalue weighted by atomic mass is 9.86. The molecule has 1 aliphatic heterocycles. The van der Waals surface area contributed by atoms with Gasteiger partial charge in [0, 0.05) is 45.3 Å². The molecular formula is C16H25N3. The monoisotopic (exact) mass is 259 g/mol. The number of hydrogen-bond donors (Lipinski definition) is 1. The summed E-state index contributed by atoms with van der Waals surface area (Å²) in [5, 5.41) is 0. The van der Waals surface area contributed by atoms with E-state index in [0.717, 1.165) is 13.1 Å². The number of nitrogens with zero attached hydrogens (tertiary/aromatic N) is 2. The maximum atomic E-state index is 5.64. The van der Waals surface area contributed by atoms with Crippen LogP contribution in [0.3, 0.4) is 0 Å². The largest absolute Gasteiger partial charge is 0.329 e. The van der Waals surface area contributed by atoms with E-state index in [2.05, 4.69) is 34.1 Å². The zero-order chi connectivity index (χ0) is 13.1. The molecule has 104 valence electrons. The van der Waals surface area contributed by atoms with Crippen LogP contribution in [-0.4, -0.2) is 49.1 Å². The van der Waals surface area contributed by atoms with E-state index in [1.54, 1.807) is 11.1 Å². The fraction of sp³-hybridized carbons (Fsp3) is 0.625. The van der Waals surface area contributed by atoms with Gasteiger partial charge in [0.15, 0.2) is 0 Å². The van der Waals surface area contributed by atoms with E-state index in [1.807, 2.05) is 0 Å². The minimum Gasteiger partial charge on any atom is -0.329 e. The van der Waals surface area contributed by atoms with Gasteiger partial charge in [-0.2, -0.15) is 0 Å². The maximum Gasteiger partial charge on any atom is 0.0352 e. The Labute approximate surface area is 116 Å². The van der Waals surface area contributed by atoms with E-state index >= 15 is 0 Å². The van der Waals surface area contributed by atoms with Gasteiger partial charge >= 0.3 is 0 Å². The summed E-state index contributed by atoms with van der Waals surface area (Å²) in [7, 11) is 0. The van der Waals surface area contributed by atoms with Crippen molar-refractivity contribution < 1.29 is 0 Å². The van der Waals surface area contributed by atoms with Crippen LogP contribution < -0.4 is 5.73 Å². The Balaban J connectivity index is 1.68. The molecule has 0 spiro atoms. The highest BCUT2D eigenvalue weighted by atomic mass is 15.3. The molecule has 19 heavy (non-hydrogen) atoms. The molecular weight excluding hydrogens is 234 g/mol. The molecule has 2 N–H and O–H groups in total. The maximum absolute atomic E-state index is 5.64. The fourth-order valence-electron chi connectivity index (χ4n) is 3.59. The van der Waals surface area contributed by atoms with Crippen LogP contribution >= 0.6 is 0 Å². The second-order valence-corrected chi connectivity index (χ2v) is 5.77. The van der Waals surface area contributed by atoms with Gasteiger partial charge in [-0.1, -0.05) is 24.3 Å². The summed E-state index contributed by atoms with van der Waals surface area (Å²) in [6.07, 6.45) is 3.93. The second-order valence-electron chi connectivity index (χ2n) is 5.77. The molecule has 0 radical (unpaired) electrons. The molecule has 1 aromatic rings. The van der Waals surface area contributed by atoms with E-state index in [0.29, 0.717) is 6.04 Å². The second kappa shape index (κ2) is 6.04. The van der Waals surface area contributed by atoms with Crippen molar-refractivity contribution >= 4 is 0 Å². The molecule has 3 nitrogen and oxygen atoms in total. The Kier molecular flexibility index (Phi) is 4.16. The lowest BCUT2D eigenvalue weighted by Gasteiger charge is -2.41. The zero-order valence-electron chi connectivity index (χ0n) is 11.7. The Bertz CT molecular complexity index is 410. The van der Waals surface area contributed by atoms with Gasteiger partial charge in [0.1, 0.15) is 0 Å². The van der Waals surface area contributed by atoms with Crippen LogP contribution in [0.1, 0.15) is 30.0 Å². The summed E-state index contributed by atoms with van der Waals surface area (Å²) in [6.45, 7) is 6.57. The van der Waals surface area contributed by atoms with Gasteiger partial charge in [0.25, 0.3) is 0 Å². The Morgan fingerprint density at radius 2 is 1.89 bits per heavy atom. The van der Waals surface area contributed by atoms with Crippen LogP contribution in [0.2, 0.25) is 0 Å². The van der Waals surface area contributed by atoms with Crippen LogP contribution in [0.25, 0.3) is 0 Å². The standard InChI is InChI=1S/C16H25N3/c17-8-9-18-10-12-19(13-11-18)16-7-3-5-14-4-1-2-6-15(14)16/h1-2,4,6,16H,3,5,7-13,17H2/t16-/m1/s1.